The number of aromatic amines is 1. The van der Waals surface area contributed by atoms with Gasteiger partial charge in [-0.2, -0.15) is 0 Å². The Balaban J connectivity index is 2.12. The van der Waals surface area contributed by atoms with E-state index in [1.54, 1.807) is 0 Å². The Hall–Kier alpha value is -1.81. The number of aliphatic hydroxyl groups is 1. The largest absolute Gasteiger partial charge is 0.396 e. The van der Waals surface area contributed by atoms with Gasteiger partial charge < -0.3 is 15.4 Å². The molecule has 4 nitrogen and oxygen atoms in total. The minimum absolute atomic E-state index is 0.0706. The summed E-state index contributed by atoms with van der Waals surface area (Å²) in [6, 6.07) is 9.51. The van der Waals surface area contributed by atoms with Crippen LogP contribution in [-0.2, 0) is 0 Å². The molecule has 0 fully saturated rings. The van der Waals surface area contributed by atoms with Gasteiger partial charge in [0.15, 0.2) is 0 Å². The Bertz CT molecular complexity index is 632. The molecule has 20 heavy (non-hydrogen) atoms. The summed E-state index contributed by atoms with van der Waals surface area (Å²) in [7, 11) is 0. The van der Waals surface area contributed by atoms with Crippen molar-refractivity contribution in [3.05, 3.63) is 40.7 Å². The summed E-state index contributed by atoms with van der Waals surface area (Å²) in [4.78, 5) is 14.8. The van der Waals surface area contributed by atoms with Crippen LogP contribution in [0.15, 0.2) is 35.1 Å². The van der Waals surface area contributed by atoms with Crippen LogP contribution in [0.25, 0.3) is 10.8 Å². The Kier molecular flexibility index (Phi) is 4.45. The standard InChI is InChI=1S/C16H22N2O2/c1-16(2,8-5-9-19)11-17-14-10-12-6-3-4-7-13(12)15(20)18-14/h3-4,6-7,10,19H,5,8-9,11H2,1-2H3,(H2,17,18,20). The second kappa shape index (κ2) is 6.09. The van der Waals surface area contributed by atoms with Crippen LogP contribution in [0.1, 0.15) is 26.7 Å². The van der Waals surface area contributed by atoms with Crippen LogP contribution in [0.5, 0.6) is 0 Å². The molecule has 0 aliphatic heterocycles. The maximum absolute atomic E-state index is 12.0. The SMILES string of the molecule is CC(C)(CCCO)CNc1cc2ccccc2c(=O)[nH]1. The fourth-order valence-electron chi connectivity index (χ4n) is 2.29. The minimum atomic E-state index is -0.0706. The van der Waals surface area contributed by atoms with Gasteiger partial charge in [0, 0.05) is 18.5 Å². The molecule has 0 radical (unpaired) electrons. The summed E-state index contributed by atoms with van der Waals surface area (Å²) in [5.74, 6) is 0.741. The predicted octanol–water partition coefficient (Wildman–Crippen LogP) is 2.74. The molecule has 0 aliphatic rings. The molecule has 4 heteroatoms. The number of benzene rings is 1. The summed E-state index contributed by atoms with van der Waals surface area (Å²) in [5.41, 5.74) is 0.00408. The highest BCUT2D eigenvalue weighted by Gasteiger charge is 2.17. The van der Waals surface area contributed by atoms with Crippen molar-refractivity contribution in [1.82, 2.24) is 4.98 Å². The summed E-state index contributed by atoms with van der Waals surface area (Å²) in [5, 5.41) is 13.8. The number of nitrogens with one attached hydrogen (secondary N) is 2. The van der Waals surface area contributed by atoms with E-state index in [-0.39, 0.29) is 17.6 Å². The van der Waals surface area contributed by atoms with Crippen LogP contribution in [0, 0.1) is 5.41 Å². The fourth-order valence-corrected chi connectivity index (χ4v) is 2.29. The normalized spacial score (nSPS) is 11.8. The lowest BCUT2D eigenvalue weighted by Gasteiger charge is -2.25. The molecule has 1 aromatic carbocycles. The first-order chi connectivity index (χ1) is 9.52. The lowest BCUT2D eigenvalue weighted by atomic mass is 9.88. The highest BCUT2D eigenvalue weighted by atomic mass is 16.2. The van der Waals surface area contributed by atoms with E-state index in [0.29, 0.717) is 5.39 Å². The smallest absolute Gasteiger partial charge is 0.257 e. The number of hydrogen-bond acceptors (Lipinski definition) is 3. The predicted molar refractivity (Wildman–Crippen MR) is 83.2 cm³/mol. The Morgan fingerprint density at radius 2 is 2.05 bits per heavy atom. The average Bonchev–Trinajstić information content (AvgIpc) is 2.43. The molecule has 2 aromatic rings. The fraction of sp³-hybridized carbons (Fsp3) is 0.438. The van der Waals surface area contributed by atoms with E-state index in [4.69, 9.17) is 5.11 Å². The molecule has 108 valence electrons. The van der Waals surface area contributed by atoms with Crippen molar-refractivity contribution >= 4 is 16.6 Å². The van der Waals surface area contributed by atoms with E-state index in [2.05, 4.69) is 24.1 Å². The van der Waals surface area contributed by atoms with Crippen molar-refractivity contribution in [2.75, 3.05) is 18.5 Å². The summed E-state index contributed by atoms with van der Waals surface area (Å²) in [6.45, 7) is 5.27. The van der Waals surface area contributed by atoms with Gasteiger partial charge in [-0.3, -0.25) is 4.79 Å². The van der Waals surface area contributed by atoms with Gasteiger partial charge in [-0.25, -0.2) is 0 Å². The maximum Gasteiger partial charge on any atom is 0.257 e. The summed E-state index contributed by atoms with van der Waals surface area (Å²) < 4.78 is 0. The van der Waals surface area contributed by atoms with E-state index in [1.807, 2.05) is 30.3 Å². The lowest BCUT2D eigenvalue weighted by Crippen LogP contribution is -2.24. The zero-order valence-electron chi connectivity index (χ0n) is 12.1. The van der Waals surface area contributed by atoms with Gasteiger partial charge in [0.2, 0.25) is 0 Å². The molecule has 2 rings (SSSR count). The van der Waals surface area contributed by atoms with E-state index < -0.39 is 0 Å². The van der Waals surface area contributed by atoms with Crippen LogP contribution in [0.3, 0.4) is 0 Å². The van der Waals surface area contributed by atoms with Crippen molar-refractivity contribution in [3.8, 4) is 0 Å². The zero-order chi connectivity index (χ0) is 14.6. The molecule has 0 atom stereocenters. The molecule has 0 saturated carbocycles. The van der Waals surface area contributed by atoms with Crippen LogP contribution in [-0.4, -0.2) is 23.2 Å². The molecule has 0 bridgehead atoms. The maximum atomic E-state index is 12.0. The molecule has 0 spiro atoms. The molecule has 0 unspecified atom stereocenters. The highest BCUT2D eigenvalue weighted by molar-refractivity contribution is 5.83. The number of pyridine rings is 1. The van der Waals surface area contributed by atoms with Crippen molar-refractivity contribution < 1.29 is 5.11 Å². The van der Waals surface area contributed by atoms with E-state index in [1.165, 1.54) is 0 Å². The zero-order valence-corrected chi connectivity index (χ0v) is 12.1. The second-order valence-corrected chi connectivity index (χ2v) is 5.94. The third-order valence-corrected chi connectivity index (χ3v) is 3.52. The van der Waals surface area contributed by atoms with Crippen LogP contribution >= 0.6 is 0 Å². The first kappa shape index (κ1) is 14.6. The van der Waals surface area contributed by atoms with Crippen molar-refractivity contribution in [1.29, 1.82) is 0 Å². The molecule has 1 heterocycles. The topological polar surface area (TPSA) is 65.1 Å². The number of hydrogen-bond donors (Lipinski definition) is 3. The van der Waals surface area contributed by atoms with Gasteiger partial charge in [-0.05, 0) is 35.8 Å². The number of aromatic nitrogens is 1. The quantitative estimate of drug-likeness (QED) is 0.759. The summed E-state index contributed by atoms with van der Waals surface area (Å²) >= 11 is 0. The first-order valence-electron chi connectivity index (χ1n) is 6.99. The number of fused-ring (bicyclic) bond motifs is 1. The molecule has 1 aromatic heterocycles. The van der Waals surface area contributed by atoms with Gasteiger partial charge in [0.1, 0.15) is 5.82 Å². The number of anilines is 1. The number of rotatable bonds is 6. The Labute approximate surface area is 118 Å². The molecule has 3 N–H and O–H groups in total. The second-order valence-electron chi connectivity index (χ2n) is 5.94. The van der Waals surface area contributed by atoms with Crippen molar-refractivity contribution in [3.63, 3.8) is 0 Å². The van der Waals surface area contributed by atoms with Crippen LogP contribution in [0.4, 0.5) is 5.82 Å². The third kappa shape index (κ3) is 3.61. The minimum Gasteiger partial charge on any atom is -0.396 e. The number of aliphatic hydroxyl groups excluding tert-OH is 1. The van der Waals surface area contributed by atoms with E-state index in [9.17, 15) is 4.79 Å². The van der Waals surface area contributed by atoms with Gasteiger partial charge in [-0.1, -0.05) is 32.0 Å². The first-order valence-corrected chi connectivity index (χ1v) is 6.99. The summed E-state index contributed by atoms with van der Waals surface area (Å²) in [6.07, 6.45) is 1.73. The van der Waals surface area contributed by atoms with E-state index in [0.717, 1.165) is 30.6 Å². The Morgan fingerprint density at radius 3 is 2.80 bits per heavy atom. The van der Waals surface area contributed by atoms with E-state index >= 15 is 0 Å². The molecule has 0 aliphatic carbocycles. The number of H-pyrrole nitrogens is 1. The van der Waals surface area contributed by atoms with Gasteiger partial charge in [0.05, 0.1) is 0 Å². The molecular weight excluding hydrogens is 252 g/mol. The molecular formula is C16H22N2O2. The monoisotopic (exact) mass is 274 g/mol. The van der Waals surface area contributed by atoms with Gasteiger partial charge in [-0.15, -0.1) is 0 Å². The Morgan fingerprint density at radius 1 is 1.30 bits per heavy atom. The molecule has 0 amide bonds. The average molecular weight is 274 g/mol. The molecule has 0 saturated heterocycles. The third-order valence-electron chi connectivity index (χ3n) is 3.52. The van der Waals surface area contributed by atoms with Gasteiger partial charge in [0.25, 0.3) is 5.56 Å². The van der Waals surface area contributed by atoms with Crippen LogP contribution < -0.4 is 10.9 Å². The lowest BCUT2D eigenvalue weighted by molar-refractivity contribution is 0.248. The van der Waals surface area contributed by atoms with Gasteiger partial charge >= 0.3 is 0 Å². The highest BCUT2D eigenvalue weighted by Crippen LogP contribution is 2.23. The van der Waals surface area contributed by atoms with Crippen molar-refractivity contribution in [2.45, 2.75) is 26.7 Å². The van der Waals surface area contributed by atoms with Crippen LogP contribution in [0.2, 0.25) is 0 Å². The van der Waals surface area contributed by atoms with Crippen molar-refractivity contribution in [2.24, 2.45) is 5.41 Å².